The highest BCUT2D eigenvalue weighted by atomic mass is 32.2. The SMILES string of the molecule is CCC1=CCC(CSc2nc3c(c(=O)n(C)c(=O)n3C)n2Cc2ccc(C#N)cc2)=N1. The molecule has 0 spiro atoms. The average molecular weight is 435 g/mol. The van der Waals surface area contributed by atoms with Gasteiger partial charge in [-0.05, 0) is 24.1 Å². The van der Waals surface area contributed by atoms with Crippen molar-refractivity contribution < 1.29 is 0 Å². The van der Waals surface area contributed by atoms with E-state index >= 15 is 0 Å². The van der Waals surface area contributed by atoms with Gasteiger partial charge in [-0.15, -0.1) is 0 Å². The highest BCUT2D eigenvalue weighted by Crippen LogP contribution is 2.25. The van der Waals surface area contributed by atoms with Crippen LogP contribution in [0.3, 0.4) is 0 Å². The largest absolute Gasteiger partial charge is 0.332 e. The molecule has 0 atom stereocenters. The van der Waals surface area contributed by atoms with Crippen LogP contribution in [0.1, 0.15) is 30.9 Å². The van der Waals surface area contributed by atoms with Crippen molar-refractivity contribution in [3.05, 3.63) is 68.0 Å². The van der Waals surface area contributed by atoms with E-state index in [1.165, 1.54) is 23.4 Å². The third-order valence-electron chi connectivity index (χ3n) is 5.34. The zero-order valence-electron chi connectivity index (χ0n) is 17.6. The van der Waals surface area contributed by atoms with Crippen molar-refractivity contribution in [1.82, 2.24) is 18.7 Å². The van der Waals surface area contributed by atoms with E-state index in [0.717, 1.165) is 34.4 Å². The van der Waals surface area contributed by atoms with Crippen LogP contribution in [0, 0.1) is 11.3 Å². The van der Waals surface area contributed by atoms with Crippen LogP contribution < -0.4 is 11.2 Å². The van der Waals surface area contributed by atoms with Gasteiger partial charge in [-0.25, -0.2) is 9.78 Å². The van der Waals surface area contributed by atoms with Crippen LogP contribution in [-0.4, -0.2) is 30.1 Å². The summed E-state index contributed by atoms with van der Waals surface area (Å²) in [7, 11) is 3.09. The normalized spacial score (nSPS) is 13.4. The molecule has 158 valence electrons. The zero-order valence-corrected chi connectivity index (χ0v) is 18.4. The molecule has 0 unspecified atom stereocenters. The molecular weight excluding hydrogens is 412 g/mol. The minimum Gasteiger partial charge on any atom is -0.309 e. The second kappa shape index (κ2) is 8.40. The molecule has 1 aliphatic heterocycles. The topological polar surface area (TPSA) is 98.0 Å². The Morgan fingerprint density at radius 3 is 2.55 bits per heavy atom. The van der Waals surface area contributed by atoms with E-state index < -0.39 is 5.69 Å². The van der Waals surface area contributed by atoms with E-state index in [1.807, 2.05) is 16.7 Å². The number of thioether (sulfide) groups is 1. The molecule has 4 rings (SSSR count). The quantitative estimate of drug-likeness (QED) is 0.556. The first kappa shape index (κ1) is 20.9. The van der Waals surface area contributed by atoms with Crippen LogP contribution in [0.2, 0.25) is 0 Å². The molecule has 1 aliphatic rings. The number of rotatable bonds is 6. The number of aliphatic imine (C=N–C) groups is 1. The Bertz CT molecular complexity index is 1380. The van der Waals surface area contributed by atoms with Gasteiger partial charge in [0, 0.05) is 37.7 Å². The lowest BCUT2D eigenvalue weighted by molar-refractivity contribution is 0.696. The van der Waals surface area contributed by atoms with Gasteiger partial charge in [-0.3, -0.25) is 18.9 Å². The van der Waals surface area contributed by atoms with Gasteiger partial charge in [-0.1, -0.05) is 36.9 Å². The second-order valence-electron chi connectivity index (χ2n) is 7.39. The number of fused-ring (bicyclic) bond motifs is 1. The molecular formula is C22H22N6O2S. The van der Waals surface area contributed by atoms with Crippen molar-refractivity contribution in [2.24, 2.45) is 19.1 Å². The molecule has 0 radical (unpaired) electrons. The summed E-state index contributed by atoms with van der Waals surface area (Å²) < 4.78 is 4.36. The van der Waals surface area contributed by atoms with Gasteiger partial charge < -0.3 is 4.57 Å². The van der Waals surface area contributed by atoms with Crippen molar-refractivity contribution in [2.45, 2.75) is 31.5 Å². The fourth-order valence-electron chi connectivity index (χ4n) is 3.54. The minimum atomic E-state index is -0.408. The summed E-state index contributed by atoms with van der Waals surface area (Å²) in [5.41, 5.74) is 3.64. The summed E-state index contributed by atoms with van der Waals surface area (Å²) in [6.45, 7) is 2.49. The van der Waals surface area contributed by atoms with Crippen molar-refractivity contribution in [2.75, 3.05) is 5.75 Å². The summed E-state index contributed by atoms with van der Waals surface area (Å²) in [5.74, 6) is 0.658. The summed E-state index contributed by atoms with van der Waals surface area (Å²) in [6, 6.07) is 9.34. The van der Waals surface area contributed by atoms with Crippen LogP contribution in [0.15, 0.2) is 55.8 Å². The summed E-state index contributed by atoms with van der Waals surface area (Å²) in [6.07, 6.45) is 3.87. The lowest BCUT2D eigenvalue weighted by Crippen LogP contribution is -2.37. The zero-order chi connectivity index (χ0) is 22.1. The molecule has 31 heavy (non-hydrogen) atoms. The van der Waals surface area contributed by atoms with Crippen LogP contribution in [0.25, 0.3) is 11.2 Å². The molecule has 9 heteroatoms. The Balaban J connectivity index is 1.78. The Hall–Kier alpha value is -3.38. The number of aromatic nitrogens is 4. The van der Waals surface area contributed by atoms with Crippen LogP contribution in [-0.2, 0) is 20.6 Å². The number of aryl methyl sites for hydroxylation is 1. The average Bonchev–Trinajstić information content (AvgIpc) is 3.40. The fraction of sp³-hybridized carbons (Fsp3) is 0.318. The molecule has 2 aromatic heterocycles. The maximum absolute atomic E-state index is 13.0. The van der Waals surface area contributed by atoms with E-state index in [1.54, 1.807) is 19.2 Å². The molecule has 1 aromatic carbocycles. The number of nitriles is 1. The number of nitrogens with zero attached hydrogens (tertiary/aromatic N) is 6. The van der Waals surface area contributed by atoms with E-state index in [4.69, 9.17) is 5.26 Å². The van der Waals surface area contributed by atoms with Gasteiger partial charge in [0.2, 0.25) is 0 Å². The standard InChI is InChI=1S/C22H22N6O2S/c1-4-16-9-10-17(24-16)13-31-21-25-19-18(20(29)27(3)22(30)26(19)2)28(21)12-15-7-5-14(11-23)6-8-15/h5-9H,4,10,12-13H2,1-3H3. The first-order chi connectivity index (χ1) is 14.9. The van der Waals surface area contributed by atoms with Crippen molar-refractivity contribution >= 4 is 28.6 Å². The van der Waals surface area contributed by atoms with Gasteiger partial charge in [0.1, 0.15) is 0 Å². The first-order valence-corrected chi connectivity index (χ1v) is 10.9. The third-order valence-corrected chi connectivity index (χ3v) is 6.39. The number of imidazole rings is 1. The number of hydrogen-bond donors (Lipinski definition) is 0. The molecule has 0 saturated heterocycles. The van der Waals surface area contributed by atoms with E-state index in [2.05, 4.69) is 29.0 Å². The maximum atomic E-state index is 13.0. The highest BCUT2D eigenvalue weighted by Gasteiger charge is 2.20. The highest BCUT2D eigenvalue weighted by molar-refractivity contribution is 7.99. The van der Waals surface area contributed by atoms with Gasteiger partial charge in [0.15, 0.2) is 16.3 Å². The van der Waals surface area contributed by atoms with Gasteiger partial charge in [0.25, 0.3) is 5.56 Å². The number of benzene rings is 1. The number of allylic oxidation sites excluding steroid dienone is 2. The van der Waals surface area contributed by atoms with Gasteiger partial charge >= 0.3 is 5.69 Å². The van der Waals surface area contributed by atoms with Gasteiger partial charge in [-0.2, -0.15) is 5.26 Å². The van der Waals surface area contributed by atoms with Gasteiger partial charge in [0.05, 0.1) is 18.2 Å². The predicted octanol–water partition coefficient (Wildman–Crippen LogP) is 2.58. The first-order valence-electron chi connectivity index (χ1n) is 9.96. The van der Waals surface area contributed by atoms with Crippen molar-refractivity contribution in [1.29, 1.82) is 5.26 Å². The molecule has 0 N–H and O–H groups in total. The molecule has 0 aliphatic carbocycles. The lowest BCUT2D eigenvalue weighted by Gasteiger charge is -2.10. The summed E-state index contributed by atoms with van der Waals surface area (Å²) >= 11 is 1.51. The van der Waals surface area contributed by atoms with Crippen molar-refractivity contribution in [3.8, 4) is 6.07 Å². The fourth-order valence-corrected chi connectivity index (χ4v) is 4.48. The second-order valence-corrected chi connectivity index (χ2v) is 8.33. The number of hydrogen-bond acceptors (Lipinski definition) is 6. The molecule has 0 amide bonds. The lowest BCUT2D eigenvalue weighted by atomic mass is 10.1. The molecule has 3 heterocycles. The Labute approximate surface area is 183 Å². The summed E-state index contributed by atoms with van der Waals surface area (Å²) in [5, 5.41) is 9.70. The van der Waals surface area contributed by atoms with Crippen LogP contribution >= 0.6 is 11.8 Å². The molecule has 0 saturated carbocycles. The molecule has 3 aromatic rings. The smallest absolute Gasteiger partial charge is 0.309 e. The molecule has 0 bridgehead atoms. The monoisotopic (exact) mass is 434 g/mol. The third kappa shape index (κ3) is 3.86. The van der Waals surface area contributed by atoms with E-state index in [9.17, 15) is 9.59 Å². The van der Waals surface area contributed by atoms with E-state index in [-0.39, 0.29) is 5.56 Å². The van der Waals surface area contributed by atoms with Crippen molar-refractivity contribution in [3.63, 3.8) is 0 Å². The Morgan fingerprint density at radius 1 is 1.16 bits per heavy atom. The Morgan fingerprint density at radius 2 is 1.90 bits per heavy atom. The maximum Gasteiger partial charge on any atom is 0.332 e. The van der Waals surface area contributed by atoms with Crippen LogP contribution in [0.5, 0.6) is 0 Å². The Kier molecular flexibility index (Phi) is 5.65. The molecule has 8 nitrogen and oxygen atoms in total. The minimum absolute atomic E-state index is 0.366. The predicted molar refractivity (Wildman–Crippen MR) is 122 cm³/mol. The molecule has 0 fully saturated rings. The van der Waals surface area contributed by atoms with E-state index in [0.29, 0.717) is 34.2 Å². The summed E-state index contributed by atoms with van der Waals surface area (Å²) in [4.78, 5) is 34.7. The van der Waals surface area contributed by atoms with Crippen LogP contribution in [0.4, 0.5) is 0 Å².